The van der Waals surface area contributed by atoms with Crippen molar-refractivity contribution in [3.63, 3.8) is 0 Å². The average Bonchev–Trinajstić information content (AvgIpc) is 2.64. The molecule has 0 bridgehead atoms. The quantitative estimate of drug-likeness (QED) is 0.708. The van der Waals surface area contributed by atoms with Gasteiger partial charge >= 0.3 is 0 Å². The number of nitrogens with one attached hydrogen (secondary N) is 1. The summed E-state index contributed by atoms with van der Waals surface area (Å²) >= 11 is 0. The molecule has 6 heteroatoms. The second-order valence-electron chi connectivity index (χ2n) is 4.65. The number of nitrogens with two attached hydrogens (primary N) is 1. The van der Waals surface area contributed by atoms with Gasteiger partial charge in [-0.05, 0) is 18.8 Å². The molecule has 17 heavy (non-hydrogen) atoms. The van der Waals surface area contributed by atoms with E-state index in [9.17, 15) is 13.2 Å². The van der Waals surface area contributed by atoms with E-state index in [1.807, 2.05) is 0 Å². The van der Waals surface area contributed by atoms with Gasteiger partial charge < -0.3 is 11.1 Å². The maximum atomic E-state index is 11.6. The van der Waals surface area contributed by atoms with Crippen LogP contribution in [0.2, 0.25) is 0 Å². The molecule has 0 aromatic rings. The Kier molecular flexibility index (Phi) is 5.39. The van der Waals surface area contributed by atoms with E-state index in [4.69, 9.17) is 5.73 Å². The van der Waals surface area contributed by atoms with Crippen molar-refractivity contribution in [2.24, 2.45) is 11.7 Å². The fourth-order valence-electron chi connectivity index (χ4n) is 2.12. The first-order valence-corrected chi connectivity index (χ1v) is 7.99. The SMILES string of the molecule is CCS(=O)(=O)CCNC(=O)C[C@@H]1CCC[C@H]1N. The fraction of sp³-hybridized carbons (Fsp3) is 0.909. The Bertz CT molecular complexity index is 354. The normalized spacial score (nSPS) is 24.8. The van der Waals surface area contributed by atoms with Crippen molar-refractivity contribution in [1.29, 1.82) is 0 Å². The molecule has 0 aromatic carbocycles. The Hall–Kier alpha value is -0.620. The van der Waals surface area contributed by atoms with Crippen LogP contribution < -0.4 is 11.1 Å². The van der Waals surface area contributed by atoms with Gasteiger partial charge in [-0.15, -0.1) is 0 Å². The molecule has 3 N–H and O–H groups in total. The van der Waals surface area contributed by atoms with E-state index >= 15 is 0 Å². The highest BCUT2D eigenvalue weighted by molar-refractivity contribution is 7.91. The first-order chi connectivity index (χ1) is 7.94. The number of carbonyl (C=O) groups is 1. The van der Waals surface area contributed by atoms with Gasteiger partial charge in [-0.1, -0.05) is 13.3 Å². The molecule has 5 nitrogen and oxygen atoms in total. The van der Waals surface area contributed by atoms with E-state index in [0.717, 1.165) is 19.3 Å². The maximum Gasteiger partial charge on any atom is 0.220 e. The number of hydrogen-bond acceptors (Lipinski definition) is 4. The molecule has 0 unspecified atom stereocenters. The predicted molar refractivity (Wildman–Crippen MR) is 67.3 cm³/mol. The highest BCUT2D eigenvalue weighted by Gasteiger charge is 2.25. The second-order valence-corrected chi connectivity index (χ2v) is 7.12. The fourth-order valence-corrected chi connectivity index (χ4v) is 2.82. The third kappa shape index (κ3) is 5.04. The third-order valence-electron chi connectivity index (χ3n) is 3.34. The van der Waals surface area contributed by atoms with Crippen molar-refractivity contribution < 1.29 is 13.2 Å². The Morgan fingerprint density at radius 1 is 1.41 bits per heavy atom. The van der Waals surface area contributed by atoms with E-state index < -0.39 is 9.84 Å². The lowest BCUT2D eigenvalue weighted by molar-refractivity contribution is -0.121. The van der Waals surface area contributed by atoms with Gasteiger partial charge in [-0.25, -0.2) is 8.42 Å². The molecule has 1 fully saturated rings. The summed E-state index contributed by atoms with van der Waals surface area (Å²) in [5, 5.41) is 2.65. The Morgan fingerprint density at radius 3 is 2.65 bits per heavy atom. The molecule has 0 radical (unpaired) electrons. The Morgan fingerprint density at radius 2 is 2.12 bits per heavy atom. The van der Waals surface area contributed by atoms with Crippen LogP contribution in [0.3, 0.4) is 0 Å². The number of amides is 1. The van der Waals surface area contributed by atoms with Crippen LogP contribution >= 0.6 is 0 Å². The Labute approximate surface area is 103 Å². The van der Waals surface area contributed by atoms with Crippen LogP contribution in [0.4, 0.5) is 0 Å². The zero-order valence-corrected chi connectivity index (χ0v) is 11.1. The van der Waals surface area contributed by atoms with E-state index in [2.05, 4.69) is 5.32 Å². The van der Waals surface area contributed by atoms with Gasteiger partial charge in [-0.2, -0.15) is 0 Å². The minimum Gasteiger partial charge on any atom is -0.355 e. The van der Waals surface area contributed by atoms with Crippen molar-refractivity contribution in [3.8, 4) is 0 Å². The number of rotatable bonds is 6. The first-order valence-electron chi connectivity index (χ1n) is 6.17. The summed E-state index contributed by atoms with van der Waals surface area (Å²) in [5.41, 5.74) is 5.87. The molecule has 0 saturated heterocycles. The molecular formula is C11H22N2O3S. The van der Waals surface area contributed by atoms with Gasteiger partial charge in [0, 0.05) is 24.8 Å². The lowest BCUT2D eigenvalue weighted by Gasteiger charge is -2.14. The molecule has 0 aliphatic heterocycles. The monoisotopic (exact) mass is 262 g/mol. The largest absolute Gasteiger partial charge is 0.355 e. The molecule has 0 heterocycles. The van der Waals surface area contributed by atoms with E-state index in [1.54, 1.807) is 6.92 Å². The van der Waals surface area contributed by atoms with Gasteiger partial charge in [-0.3, -0.25) is 4.79 Å². The molecule has 0 spiro atoms. The number of hydrogen-bond donors (Lipinski definition) is 2. The smallest absolute Gasteiger partial charge is 0.220 e. The lowest BCUT2D eigenvalue weighted by atomic mass is 10.00. The molecule has 1 aliphatic rings. The lowest BCUT2D eigenvalue weighted by Crippen LogP contribution is -2.34. The van der Waals surface area contributed by atoms with Crippen LogP contribution in [0.1, 0.15) is 32.6 Å². The summed E-state index contributed by atoms with van der Waals surface area (Å²) in [7, 11) is -2.99. The molecule has 2 atom stereocenters. The van der Waals surface area contributed by atoms with Crippen molar-refractivity contribution in [1.82, 2.24) is 5.32 Å². The van der Waals surface area contributed by atoms with E-state index in [1.165, 1.54) is 0 Å². The standard InChI is InChI=1S/C11H22N2O3S/c1-2-17(15,16)7-6-13-11(14)8-9-4-3-5-10(9)12/h9-10H,2-8,12H2,1H3,(H,13,14)/t9-,10+/m0/s1. The van der Waals surface area contributed by atoms with E-state index in [-0.39, 0.29) is 35.9 Å². The van der Waals surface area contributed by atoms with Gasteiger partial charge in [0.2, 0.25) is 5.91 Å². The van der Waals surface area contributed by atoms with Gasteiger partial charge in [0.1, 0.15) is 0 Å². The van der Waals surface area contributed by atoms with Crippen molar-refractivity contribution in [2.45, 2.75) is 38.6 Å². The highest BCUT2D eigenvalue weighted by Crippen LogP contribution is 2.26. The van der Waals surface area contributed by atoms with Crippen LogP contribution in [0.25, 0.3) is 0 Å². The summed E-state index contributed by atoms with van der Waals surface area (Å²) in [6, 6.07) is 0.125. The van der Waals surface area contributed by atoms with Crippen LogP contribution in [-0.2, 0) is 14.6 Å². The predicted octanol–water partition coefficient (Wildman–Crippen LogP) is 0.0548. The molecule has 0 aromatic heterocycles. The molecular weight excluding hydrogens is 240 g/mol. The van der Waals surface area contributed by atoms with Crippen molar-refractivity contribution >= 4 is 15.7 Å². The maximum absolute atomic E-state index is 11.6. The number of sulfone groups is 1. The molecule has 1 saturated carbocycles. The average molecular weight is 262 g/mol. The topological polar surface area (TPSA) is 89.3 Å². The summed E-state index contributed by atoms with van der Waals surface area (Å²) < 4.78 is 22.4. The van der Waals surface area contributed by atoms with E-state index in [0.29, 0.717) is 6.42 Å². The zero-order chi connectivity index (χ0) is 12.9. The van der Waals surface area contributed by atoms with Crippen LogP contribution in [0.15, 0.2) is 0 Å². The van der Waals surface area contributed by atoms with Crippen LogP contribution in [0, 0.1) is 5.92 Å². The zero-order valence-electron chi connectivity index (χ0n) is 10.3. The van der Waals surface area contributed by atoms with Crippen LogP contribution in [-0.4, -0.2) is 38.4 Å². The Balaban J connectivity index is 2.22. The molecule has 1 rings (SSSR count). The minimum atomic E-state index is -2.99. The summed E-state index contributed by atoms with van der Waals surface area (Å²) in [6.07, 6.45) is 3.50. The van der Waals surface area contributed by atoms with Crippen molar-refractivity contribution in [2.75, 3.05) is 18.1 Å². The third-order valence-corrected chi connectivity index (χ3v) is 5.05. The number of carbonyl (C=O) groups excluding carboxylic acids is 1. The molecule has 1 aliphatic carbocycles. The molecule has 1 amide bonds. The van der Waals surface area contributed by atoms with Gasteiger partial charge in [0.05, 0.1) is 5.75 Å². The second kappa shape index (κ2) is 6.35. The molecule has 100 valence electrons. The first kappa shape index (κ1) is 14.4. The summed E-state index contributed by atoms with van der Waals surface area (Å²) in [6.45, 7) is 1.81. The van der Waals surface area contributed by atoms with Crippen molar-refractivity contribution in [3.05, 3.63) is 0 Å². The minimum absolute atomic E-state index is 0.0198. The highest BCUT2D eigenvalue weighted by atomic mass is 32.2. The van der Waals surface area contributed by atoms with Gasteiger partial charge in [0.15, 0.2) is 9.84 Å². The van der Waals surface area contributed by atoms with Crippen LogP contribution in [0.5, 0.6) is 0 Å². The summed E-state index contributed by atoms with van der Waals surface area (Å²) in [5.74, 6) is 0.318. The van der Waals surface area contributed by atoms with Gasteiger partial charge in [0.25, 0.3) is 0 Å². The summed E-state index contributed by atoms with van der Waals surface area (Å²) in [4.78, 5) is 11.6.